The summed E-state index contributed by atoms with van der Waals surface area (Å²) in [6, 6.07) is 13.9. The van der Waals surface area contributed by atoms with Crippen molar-refractivity contribution in [2.45, 2.75) is 83.1 Å². The van der Waals surface area contributed by atoms with Gasteiger partial charge in [-0.05, 0) is 28.7 Å². The Morgan fingerprint density at radius 3 is 1.80 bits per heavy atom. The number of esters is 4. The molecule has 2 aromatic rings. The van der Waals surface area contributed by atoms with Crippen LogP contribution in [0.3, 0.4) is 0 Å². The van der Waals surface area contributed by atoms with Crippen LogP contribution in [0.15, 0.2) is 48.5 Å². The Kier molecular flexibility index (Phi) is 12.5. The minimum atomic E-state index is -1.55. The lowest BCUT2D eigenvalue weighted by Gasteiger charge is -2.44. The van der Waals surface area contributed by atoms with Crippen molar-refractivity contribution in [3.8, 4) is 11.1 Å². The van der Waals surface area contributed by atoms with Gasteiger partial charge >= 0.3 is 35.9 Å². The first-order valence-electron chi connectivity index (χ1n) is 15.7. The number of carboxylic acid groups (broad SMARTS) is 1. The van der Waals surface area contributed by atoms with Crippen LogP contribution in [0.5, 0.6) is 0 Å². The van der Waals surface area contributed by atoms with Gasteiger partial charge in [-0.3, -0.25) is 24.0 Å². The summed E-state index contributed by atoms with van der Waals surface area (Å²) in [5.41, 5.74) is 3.97. The molecule has 2 aromatic carbocycles. The van der Waals surface area contributed by atoms with Crippen molar-refractivity contribution in [3.05, 3.63) is 59.7 Å². The molecular weight excluding hydrogens is 660 g/mol. The van der Waals surface area contributed by atoms with Gasteiger partial charge in [0, 0.05) is 40.0 Å². The molecule has 268 valence electrons. The second-order valence-electron chi connectivity index (χ2n) is 11.6. The fourth-order valence-corrected chi connectivity index (χ4v) is 5.89. The molecule has 1 heterocycles. The van der Waals surface area contributed by atoms with Gasteiger partial charge < -0.3 is 44.2 Å². The second kappa shape index (κ2) is 16.7. The lowest BCUT2D eigenvalue weighted by molar-refractivity contribution is -0.257. The van der Waals surface area contributed by atoms with E-state index in [1.807, 2.05) is 48.5 Å². The van der Waals surface area contributed by atoms with Crippen LogP contribution in [0.4, 0.5) is 4.79 Å². The summed E-state index contributed by atoms with van der Waals surface area (Å²) in [6.07, 6.45) is -9.20. The van der Waals surface area contributed by atoms with E-state index in [-0.39, 0.29) is 12.5 Å². The van der Waals surface area contributed by atoms with E-state index in [1.54, 1.807) is 0 Å². The van der Waals surface area contributed by atoms with E-state index < -0.39 is 98.0 Å². The zero-order valence-electron chi connectivity index (χ0n) is 27.7. The molecular formula is C34H38N2O14. The number of carboxylic acids is 1. The number of carbonyl (C=O) groups is 7. The summed E-state index contributed by atoms with van der Waals surface area (Å²) < 4.78 is 32.2. The van der Waals surface area contributed by atoms with Crippen LogP contribution in [0.2, 0.25) is 0 Å². The molecule has 6 atom stereocenters. The number of benzene rings is 2. The molecule has 0 unspecified atom stereocenters. The van der Waals surface area contributed by atoms with Crippen molar-refractivity contribution in [3.63, 3.8) is 0 Å². The molecule has 4 rings (SSSR count). The van der Waals surface area contributed by atoms with E-state index >= 15 is 0 Å². The maximum absolute atomic E-state index is 13.1. The van der Waals surface area contributed by atoms with Crippen molar-refractivity contribution in [1.29, 1.82) is 0 Å². The summed E-state index contributed by atoms with van der Waals surface area (Å²) in [5.74, 6) is -5.77. The van der Waals surface area contributed by atoms with Crippen LogP contribution in [0.25, 0.3) is 11.1 Å². The third-order valence-corrected chi connectivity index (χ3v) is 7.89. The molecule has 16 heteroatoms. The highest BCUT2D eigenvalue weighted by atomic mass is 16.7. The minimum Gasteiger partial charge on any atom is -0.480 e. The molecule has 0 bridgehead atoms. The number of aliphatic carboxylic acids is 1. The first-order chi connectivity index (χ1) is 23.7. The molecule has 0 radical (unpaired) electrons. The fourth-order valence-electron chi connectivity index (χ4n) is 5.89. The number of amides is 2. The van der Waals surface area contributed by atoms with Crippen molar-refractivity contribution < 1.29 is 67.1 Å². The molecule has 2 aliphatic rings. The lowest BCUT2D eigenvalue weighted by Crippen LogP contribution is -2.66. The lowest BCUT2D eigenvalue weighted by atomic mass is 9.97. The van der Waals surface area contributed by atoms with E-state index in [2.05, 4.69) is 10.6 Å². The average Bonchev–Trinajstić information content (AvgIpc) is 3.36. The van der Waals surface area contributed by atoms with Gasteiger partial charge in [0.25, 0.3) is 0 Å². The normalized spacial score (nSPS) is 21.3. The summed E-state index contributed by atoms with van der Waals surface area (Å²) in [7, 11) is 0. The summed E-state index contributed by atoms with van der Waals surface area (Å²) in [4.78, 5) is 85.4. The summed E-state index contributed by atoms with van der Waals surface area (Å²) in [5, 5.41) is 14.5. The van der Waals surface area contributed by atoms with Crippen LogP contribution >= 0.6 is 0 Å². The van der Waals surface area contributed by atoms with Gasteiger partial charge in [-0.25, -0.2) is 9.59 Å². The van der Waals surface area contributed by atoms with Gasteiger partial charge in [-0.1, -0.05) is 48.5 Å². The quantitative estimate of drug-likeness (QED) is 0.201. The maximum atomic E-state index is 13.1. The number of ether oxygens (including phenoxy) is 6. The first-order valence-corrected chi connectivity index (χ1v) is 15.7. The van der Waals surface area contributed by atoms with Gasteiger partial charge in [0.05, 0.1) is 0 Å². The third-order valence-electron chi connectivity index (χ3n) is 7.89. The zero-order valence-corrected chi connectivity index (χ0v) is 27.7. The zero-order chi connectivity index (χ0) is 36.5. The van der Waals surface area contributed by atoms with Crippen LogP contribution in [-0.4, -0.2) is 96.9 Å². The Morgan fingerprint density at radius 1 is 0.720 bits per heavy atom. The molecule has 1 aliphatic carbocycles. The van der Waals surface area contributed by atoms with Gasteiger partial charge in [0.1, 0.15) is 25.4 Å². The monoisotopic (exact) mass is 698 g/mol. The van der Waals surface area contributed by atoms with Gasteiger partial charge in [-0.15, -0.1) is 0 Å². The second-order valence-corrected chi connectivity index (χ2v) is 11.6. The number of rotatable bonds is 13. The van der Waals surface area contributed by atoms with Crippen LogP contribution in [-0.2, 0) is 57.2 Å². The standard InChI is InChI=1S/C34H38N2O14/c1-17(37)45-16-27-29(47-18(2)38)30(48-19(3)39)31(49-20(4)40)32(50-27)36-28(41)14-13-26(33(42)43)35-34(44)46-15-25-23-11-7-5-9-21(23)22-10-6-8-12-24(22)25/h5-12,25-27,29-32H,13-16H2,1-4H3,(H,35,44)(H,36,41)(H,42,43)/t26-,27+,29-,30-,31+,32+/m0/s1. The van der Waals surface area contributed by atoms with E-state index in [9.17, 15) is 38.7 Å². The Labute approximate surface area is 286 Å². The number of carbonyl (C=O) groups excluding carboxylic acids is 6. The largest absolute Gasteiger partial charge is 0.480 e. The molecule has 1 saturated heterocycles. The summed E-state index contributed by atoms with van der Waals surface area (Å²) in [6.45, 7) is 3.71. The van der Waals surface area contributed by atoms with Gasteiger partial charge in [-0.2, -0.15) is 0 Å². The Bertz CT molecular complexity index is 1580. The molecule has 2 amide bonds. The van der Waals surface area contributed by atoms with Crippen LogP contribution in [0.1, 0.15) is 57.6 Å². The molecule has 3 N–H and O–H groups in total. The number of alkyl carbamates (subject to hydrolysis) is 1. The van der Waals surface area contributed by atoms with Gasteiger partial charge in [0.2, 0.25) is 5.91 Å². The van der Waals surface area contributed by atoms with Crippen molar-refractivity contribution >= 4 is 41.8 Å². The molecule has 1 aliphatic heterocycles. The Hall–Kier alpha value is -5.51. The van der Waals surface area contributed by atoms with Crippen LogP contribution < -0.4 is 10.6 Å². The highest BCUT2D eigenvalue weighted by Crippen LogP contribution is 2.44. The molecule has 0 spiro atoms. The Balaban J connectivity index is 1.41. The number of hydrogen-bond acceptors (Lipinski definition) is 13. The number of hydrogen-bond donors (Lipinski definition) is 3. The van der Waals surface area contributed by atoms with E-state index in [1.165, 1.54) is 0 Å². The average molecular weight is 699 g/mol. The highest BCUT2D eigenvalue weighted by molar-refractivity contribution is 5.82. The SMILES string of the molecule is CC(=O)OC[C@H]1O[C@@H](NC(=O)CC[C@H](NC(=O)OCC2c3ccccc3-c3ccccc32)C(=O)O)[C@H](OC(C)=O)[C@@H](OC(C)=O)[C@H]1OC(C)=O. The number of nitrogens with one attached hydrogen (secondary N) is 2. The van der Waals surface area contributed by atoms with Gasteiger partial charge in [0.15, 0.2) is 24.5 Å². The number of fused-ring (bicyclic) bond motifs is 3. The maximum Gasteiger partial charge on any atom is 0.407 e. The third kappa shape index (κ3) is 9.56. The Morgan fingerprint density at radius 2 is 1.26 bits per heavy atom. The fraction of sp³-hybridized carbons (Fsp3) is 0.441. The minimum absolute atomic E-state index is 0.0599. The van der Waals surface area contributed by atoms with Crippen molar-refractivity contribution in [2.24, 2.45) is 0 Å². The van der Waals surface area contributed by atoms with Crippen molar-refractivity contribution in [1.82, 2.24) is 10.6 Å². The highest BCUT2D eigenvalue weighted by Gasteiger charge is 2.52. The molecule has 0 aromatic heterocycles. The predicted octanol–water partition coefficient (Wildman–Crippen LogP) is 1.96. The van der Waals surface area contributed by atoms with Crippen LogP contribution in [0, 0.1) is 0 Å². The van der Waals surface area contributed by atoms with E-state index in [0.717, 1.165) is 49.9 Å². The van der Waals surface area contributed by atoms with E-state index in [0.29, 0.717) is 0 Å². The predicted molar refractivity (Wildman–Crippen MR) is 169 cm³/mol. The first kappa shape index (κ1) is 37.3. The molecule has 1 fully saturated rings. The topological polar surface area (TPSA) is 219 Å². The molecule has 0 saturated carbocycles. The molecule has 16 nitrogen and oxygen atoms in total. The smallest absolute Gasteiger partial charge is 0.407 e. The van der Waals surface area contributed by atoms with E-state index in [4.69, 9.17) is 28.4 Å². The van der Waals surface area contributed by atoms with Crippen molar-refractivity contribution in [2.75, 3.05) is 13.2 Å². The summed E-state index contributed by atoms with van der Waals surface area (Å²) >= 11 is 0. The molecule has 50 heavy (non-hydrogen) atoms.